The Hall–Kier alpha value is -3.74. The second kappa shape index (κ2) is 8.97. The molecular formula is C22H22N4O3. The fourth-order valence-electron chi connectivity index (χ4n) is 3.01. The molecule has 0 radical (unpaired) electrons. The van der Waals surface area contributed by atoms with Crippen molar-refractivity contribution >= 4 is 17.6 Å². The Kier molecular flexibility index (Phi) is 6.19. The molecule has 3 aromatic rings. The van der Waals surface area contributed by atoms with Gasteiger partial charge in [-0.15, -0.1) is 0 Å². The number of Topliss-reactive ketones (excluding diaryl/α,β-unsaturated/α-hetero) is 1. The minimum absolute atomic E-state index is 0.246. The molecule has 2 aromatic carbocycles. The lowest BCUT2D eigenvalue weighted by Crippen LogP contribution is -2.39. The number of para-hydroxylation sites is 1. The standard InChI is InChI=1S/C22H22N4O3/c1-15-20(16(2)26(25-15)18-11-7-4-8-12-18)21(28)22(29)24-14-19(27)23-13-17-9-5-3-6-10-17/h3-12H,13-14H2,1-2H3,(H,23,27)(H,24,29). The van der Waals surface area contributed by atoms with Crippen LogP contribution in [0.1, 0.15) is 27.3 Å². The van der Waals surface area contributed by atoms with Crippen LogP contribution in [0.15, 0.2) is 60.7 Å². The third-order valence-corrected chi connectivity index (χ3v) is 4.47. The Balaban J connectivity index is 1.61. The summed E-state index contributed by atoms with van der Waals surface area (Å²) in [5.41, 5.74) is 3.02. The van der Waals surface area contributed by atoms with E-state index in [1.165, 1.54) is 0 Å². The van der Waals surface area contributed by atoms with Gasteiger partial charge in [-0.2, -0.15) is 5.10 Å². The van der Waals surface area contributed by atoms with E-state index in [9.17, 15) is 14.4 Å². The van der Waals surface area contributed by atoms with Crippen LogP contribution in [0.5, 0.6) is 0 Å². The second-order valence-corrected chi connectivity index (χ2v) is 6.57. The Morgan fingerprint density at radius 2 is 1.52 bits per heavy atom. The normalized spacial score (nSPS) is 10.4. The highest BCUT2D eigenvalue weighted by molar-refractivity contribution is 6.43. The molecule has 7 heteroatoms. The average Bonchev–Trinajstić information content (AvgIpc) is 3.05. The van der Waals surface area contributed by atoms with Crippen LogP contribution in [0.25, 0.3) is 5.69 Å². The summed E-state index contributed by atoms with van der Waals surface area (Å²) < 4.78 is 1.63. The van der Waals surface area contributed by atoms with Gasteiger partial charge in [-0.25, -0.2) is 4.68 Å². The van der Waals surface area contributed by atoms with Crippen molar-refractivity contribution in [1.82, 2.24) is 20.4 Å². The van der Waals surface area contributed by atoms with E-state index >= 15 is 0 Å². The minimum atomic E-state index is -0.835. The topological polar surface area (TPSA) is 93.1 Å². The minimum Gasteiger partial charge on any atom is -0.350 e. The van der Waals surface area contributed by atoms with Crippen LogP contribution in [0.4, 0.5) is 0 Å². The number of ketones is 1. The van der Waals surface area contributed by atoms with Gasteiger partial charge in [0.15, 0.2) is 0 Å². The zero-order valence-electron chi connectivity index (χ0n) is 16.3. The van der Waals surface area contributed by atoms with Crippen molar-refractivity contribution in [1.29, 1.82) is 0 Å². The van der Waals surface area contributed by atoms with Crippen LogP contribution in [0.3, 0.4) is 0 Å². The molecule has 0 aliphatic carbocycles. The number of aromatic nitrogens is 2. The number of nitrogens with one attached hydrogen (secondary N) is 2. The molecule has 1 heterocycles. The zero-order chi connectivity index (χ0) is 20.8. The van der Waals surface area contributed by atoms with Gasteiger partial charge >= 0.3 is 0 Å². The Bertz CT molecular complexity index is 1030. The third kappa shape index (κ3) is 4.76. The van der Waals surface area contributed by atoms with Gasteiger partial charge in [0.25, 0.3) is 11.7 Å². The monoisotopic (exact) mass is 390 g/mol. The van der Waals surface area contributed by atoms with E-state index in [0.717, 1.165) is 11.3 Å². The molecule has 0 fully saturated rings. The summed E-state index contributed by atoms with van der Waals surface area (Å²) in [4.78, 5) is 36.9. The van der Waals surface area contributed by atoms with Crippen LogP contribution in [0.2, 0.25) is 0 Å². The number of benzene rings is 2. The molecule has 29 heavy (non-hydrogen) atoms. The first-order valence-electron chi connectivity index (χ1n) is 9.22. The van der Waals surface area contributed by atoms with E-state index in [0.29, 0.717) is 17.9 Å². The molecule has 0 aliphatic rings. The van der Waals surface area contributed by atoms with Crippen molar-refractivity contribution in [2.45, 2.75) is 20.4 Å². The Morgan fingerprint density at radius 3 is 2.17 bits per heavy atom. The maximum atomic E-state index is 12.6. The van der Waals surface area contributed by atoms with Crippen LogP contribution in [0, 0.1) is 13.8 Å². The molecule has 0 atom stereocenters. The lowest BCUT2D eigenvalue weighted by atomic mass is 10.1. The number of hydrogen-bond acceptors (Lipinski definition) is 4. The molecular weight excluding hydrogens is 368 g/mol. The van der Waals surface area contributed by atoms with Gasteiger partial charge < -0.3 is 10.6 Å². The molecule has 2 amide bonds. The van der Waals surface area contributed by atoms with Crippen molar-refractivity contribution in [3.05, 3.63) is 83.2 Å². The van der Waals surface area contributed by atoms with E-state index in [-0.39, 0.29) is 18.0 Å². The number of carbonyl (C=O) groups is 3. The van der Waals surface area contributed by atoms with Gasteiger partial charge in [0, 0.05) is 6.54 Å². The first kappa shape index (κ1) is 20.0. The van der Waals surface area contributed by atoms with Crippen LogP contribution >= 0.6 is 0 Å². The lowest BCUT2D eigenvalue weighted by molar-refractivity contribution is -0.124. The van der Waals surface area contributed by atoms with E-state index in [1.54, 1.807) is 18.5 Å². The molecule has 0 unspecified atom stereocenters. The molecule has 0 spiro atoms. The Labute approximate surface area is 168 Å². The fraction of sp³-hybridized carbons (Fsp3) is 0.182. The summed E-state index contributed by atoms with van der Waals surface area (Å²) in [5.74, 6) is -1.92. The number of carbonyl (C=O) groups excluding carboxylic acids is 3. The molecule has 0 bridgehead atoms. The van der Waals surface area contributed by atoms with Crippen LogP contribution < -0.4 is 10.6 Å². The quantitative estimate of drug-likeness (QED) is 0.477. The maximum absolute atomic E-state index is 12.6. The molecule has 148 valence electrons. The first-order valence-corrected chi connectivity index (χ1v) is 9.22. The first-order chi connectivity index (χ1) is 14.0. The van der Waals surface area contributed by atoms with Gasteiger partial charge in [-0.3, -0.25) is 14.4 Å². The second-order valence-electron chi connectivity index (χ2n) is 6.57. The molecule has 0 aliphatic heterocycles. The molecule has 0 saturated carbocycles. The number of hydrogen-bond donors (Lipinski definition) is 2. The molecule has 0 saturated heterocycles. The van der Waals surface area contributed by atoms with Crippen molar-refractivity contribution in [2.75, 3.05) is 6.54 Å². The molecule has 1 aromatic heterocycles. The van der Waals surface area contributed by atoms with E-state index < -0.39 is 11.7 Å². The highest BCUT2D eigenvalue weighted by atomic mass is 16.2. The van der Waals surface area contributed by atoms with Gasteiger partial charge in [-0.1, -0.05) is 48.5 Å². The highest BCUT2D eigenvalue weighted by Crippen LogP contribution is 2.18. The highest BCUT2D eigenvalue weighted by Gasteiger charge is 2.25. The van der Waals surface area contributed by atoms with Crippen LogP contribution in [-0.4, -0.2) is 33.9 Å². The maximum Gasteiger partial charge on any atom is 0.292 e. The van der Waals surface area contributed by atoms with Gasteiger partial charge in [0.1, 0.15) is 0 Å². The molecule has 7 nitrogen and oxygen atoms in total. The zero-order valence-corrected chi connectivity index (χ0v) is 16.3. The summed E-state index contributed by atoms with van der Waals surface area (Å²) >= 11 is 0. The SMILES string of the molecule is Cc1nn(-c2ccccc2)c(C)c1C(=O)C(=O)NCC(=O)NCc1ccccc1. The number of amides is 2. The smallest absolute Gasteiger partial charge is 0.292 e. The largest absolute Gasteiger partial charge is 0.350 e. The van der Waals surface area contributed by atoms with Gasteiger partial charge in [-0.05, 0) is 31.5 Å². The van der Waals surface area contributed by atoms with Gasteiger partial charge in [0.05, 0.1) is 29.2 Å². The lowest BCUT2D eigenvalue weighted by Gasteiger charge is -2.07. The van der Waals surface area contributed by atoms with E-state index in [2.05, 4.69) is 15.7 Å². The average molecular weight is 390 g/mol. The molecule has 3 rings (SSSR count). The van der Waals surface area contributed by atoms with Gasteiger partial charge in [0.2, 0.25) is 5.91 Å². The fourth-order valence-corrected chi connectivity index (χ4v) is 3.01. The van der Waals surface area contributed by atoms with E-state index in [1.807, 2.05) is 60.7 Å². The Morgan fingerprint density at radius 1 is 0.897 bits per heavy atom. The van der Waals surface area contributed by atoms with Crippen molar-refractivity contribution < 1.29 is 14.4 Å². The predicted octanol–water partition coefficient (Wildman–Crippen LogP) is 2.10. The van der Waals surface area contributed by atoms with Crippen molar-refractivity contribution in [3.63, 3.8) is 0 Å². The summed E-state index contributed by atoms with van der Waals surface area (Å²) in [6.45, 7) is 3.49. The number of aryl methyl sites for hydroxylation is 1. The summed E-state index contributed by atoms with van der Waals surface area (Å²) in [7, 11) is 0. The number of rotatable bonds is 7. The summed E-state index contributed by atoms with van der Waals surface area (Å²) in [6.07, 6.45) is 0. The van der Waals surface area contributed by atoms with Crippen LogP contribution in [-0.2, 0) is 16.1 Å². The molecule has 2 N–H and O–H groups in total. The van der Waals surface area contributed by atoms with Crippen molar-refractivity contribution in [3.8, 4) is 5.69 Å². The van der Waals surface area contributed by atoms with Crippen molar-refractivity contribution in [2.24, 2.45) is 0 Å². The predicted molar refractivity (Wildman–Crippen MR) is 109 cm³/mol. The van der Waals surface area contributed by atoms with E-state index in [4.69, 9.17) is 0 Å². The summed E-state index contributed by atoms with van der Waals surface area (Å²) in [5, 5.41) is 9.46. The third-order valence-electron chi connectivity index (χ3n) is 4.47. The number of nitrogens with zero attached hydrogens (tertiary/aromatic N) is 2. The summed E-state index contributed by atoms with van der Waals surface area (Å²) in [6, 6.07) is 18.8.